The van der Waals surface area contributed by atoms with Crippen molar-refractivity contribution >= 4 is 5.91 Å². The molecule has 0 saturated heterocycles. The Morgan fingerprint density at radius 1 is 1.61 bits per heavy atom. The highest BCUT2D eigenvalue weighted by Gasteiger charge is 2.17. The fourth-order valence-corrected chi connectivity index (χ4v) is 2.27. The van der Waals surface area contributed by atoms with Crippen molar-refractivity contribution < 1.29 is 4.79 Å². The first kappa shape index (κ1) is 12.7. The number of terminal acetylenes is 1. The Morgan fingerprint density at radius 2 is 2.44 bits per heavy atom. The number of hydrogen-bond donors (Lipinski definition) is 2. The number of rotatable bonds is 3. The van der Waals surface area contributed by atoms with Gasteiger partial charge in [-0.25, -0.2) is 0 Å². The largest absolute Gasteiger partial charge is 0.349 e. The average molecular weight is 242 g/mol. The fourth-order valence-electron chi connectivity index (χ4n) is 2.27. The molecule has 0 fully saturated rings. The molecule has 0 radical (unpaired) electrons. The van der Waals surface area contributed by atoms with Gasteiger partial charge < -0.3 is 10.6 Å². The first-order chi connectivity index (χ1) is 8.72. The summed E-state index contributed by atoms with van der Waals surface area (Å²) in [5.41, 5.74) is 3.18. The number of nitrogens with one attached hydrogen (secondary N) is 2. The van der Waals surface area contributed by atoms with Gasteiger partial charge in [0.25, 0.3) is 5.91 Å². The van der Waals surface area contributed by atoms with Crippen molar-refractivity contribution in [2.75, 3.05) is 6.54 Å². The summed E-state index contributed by atoms with van der Waals surface area (Å²) in [6.45, 7) is 3.70. The molecule has 1 atom stereocenters. The van der Waals surface area contributed by atoms with Gasteiger partial charge >= 0.3 is 0 Å². The van der Waals surface area contributed by atoms with E-state index < -0.39 is 0 Å². The molecule has 2 rings (SSSR count). The van der Waals surface area contributed by atoms with Crippen LogP contribution in [0.4, 0.5) is 0 Å². The Hall–Kier alpha value is -1.79. The lowest BCUT2D eigenvalue weighted by atomic mass is 9.95. The van der Waals surface area contributed by atoms with E-state index in [1.165, 1.54) is 11.1 Å². The lowest BCUT2D eigenvalue weighted by molar-refractivity contribution is 0.0939. The molecular weight excluding hydrogens is 224 g/mol. The monoisotopic (exact) mass is 242 g/mol. The van der Waals surface area contributed by atoms with Gasteiger partial charge in [0.15, 0.2) is 0 Å². The third kappa shape index (κ3) is 2.72. The van der Waals surface area contributed by atoms with Crippen molar-refractivity contribution in [3.63, 3.8) is 0 Å². The molecular formula is C15H18N2O. The van der Waals surface area contributed by atoms with Crippen LogP contribution < -0.4 is 10.6 Å². The van der Waals surface area contributed by atoms with Crippen molar-refractivity contribution in [3.05, 3.63) is 34.9 Å². The van der Waals surface area contributed by atoms with Crippen LogP contribution in [0, 0.1) is 12.3 Å². The second-order valence-electron chi connectivity index (χ2n) is 4.65. The van der Waals surface area contributed by atoms with Crippen molar-refractivity contribution in [2.24, 2.45) is 0 Å². The van der Waals surface area contributed by atoms with Gasteiger partial charge in [0.05, 0.1) is 0 Å². The zero-order chi connectivity index (χ0) is 13.0. The lowest BCUT2D eigenvalue weighted by Crippen LogP contribution is -2.34. The molecule has 0 saturated carbocycles. The highest BCUT2D eigenvalue weighted by Crippen LogP contribution is 2.18. The van der Waals surface area contributed by atoms with Crippen LogP contribution in [0.3, 0.4) is 0 Å². The third-order valence-electron chi connectivity index (χ3n) is 3.19. The van der Waals surface area contributed by atoms with Crippen molar-refractivity contribution in [1.29, 1.82) is 0 Å². The SMILES string of the molecule is C#CCC(C)NC(=O)c1cccc2c1CCNC2. The van der Waals surface area contributed by atoms with Crippen LogP contribution >= 0.6 is 0 Å². The second kappa shape index (κ2) is 5.70. The average Bonchev–Trinajstić information content (AvgIpc) is 2.38. The molecule has 1 aliphatic heterocycles. The van der Waals surface area contributed by atoms with Crippen molar-refractivity contribution in [1.82, 2.24) is 10.6 Å². The molecule has 1 unspecified atom stereocenters. The van der Waals surface area contributed by atoms with Gasteiger partial charge in [-0.2, -0.15) is 0 Å². The summed E-state index contributed by atoms with van der Waals surface area (Å²) >= 11 is 0. The van der Waals surface area contributed by atoms with E-state index in [1.807, 2.05) is 19.1 Å². The van der Waals surface area contributed by atoms with Crippen LogP contribution in [0.2, 0.25) is 0 Å². The van der Waals surface area contributed by atoms with E-state index in [9.17, 15) is 4.79 Å². The summed E-state index contributed by atoms with van der Waals surface area (Å²) in [6.07, 6.45) is 6.71. The molecule has 3 heteroatoms. The molecule has 18 heavy (non-hydrogen) atoms. The normalized spacial score (nSPS) is 15.3. The molecule has 0 aliphatic carbocycles. The minimum absolute atomic E-state index is 0.0140. The standard InChI is InChI=1S/C15H18N2O/c1-3-5-11(2)17-15(18)14-7-4-6-12-10-16-9-8-13(12)14/h1,4,6-7,11,16H,5,8-10H2,2H3,(H,17,18). The van der Waals surface area contributed by atoms with Gasteiger partial charge in [0, 0.05) is 24.6 Å². The van der Waals surface area contributed by atoms with Crippen molar-refractivity contribution in [3.8, 4) is 12.3 Å². The number of benzene rings is 1. The fraction of sp³-hybridized carbons (Fsp3) is 0.400. The quantitative estimate of drug-likeness (QED) is 0.788. The highest BCUT2D eigenvalue weighted by molar-refractivity contribution is 5.96. The smallest absolute Gasteiger partial charge is 0.251 e. The van der Waals surface area contributed by atoms with Crippen LogP contribution in [0.25, 0.3) is 0 Å². The van der Waals surface area contributed by atoms with E-state index in [4.69, 9.17) is 6.42 Å². The maximum Gasteiger partial charge on any atom is 0.251 e. The molecule has 1 aliphatic rings. The van der Waals surface area contributed by atoms with Gasteiger partial charge in [-0.3, -0.25) is 4.79 Å². The molecule has 1 heterocycles. The van der Waals surface area contributed by atoms with E-state index in [1.54, 1.807) is 0 Å². The van der Waals surface area contributed by atoms with E-state index in [2.05, 4.69) is 22.6 Å². The van der Waals surface area contributed by atoms with Crippen molar-refractivity contribution in [2.45, 2.75) is 32.4 Å². The minimum atomic E-state index is -0.0171. The van der Waals surface area contributed by atoms with Gasteiger partial charge in [0.2, 0.25) is 0 Å². The molecule has 0 aromatic heterocycles. The van der Waals surface area contributed by atoms with Gasteiger partial charge in [0.1, 0.15) is 0 Å². The van der Waals surface area contributed by atoms with Crippen LogP contribution in [-0.2, 0) is 13.0 Å². The molecule has 94 valence electrons. The number of fused-ring (bicyclic) bond motifs is 1. The number of hydrogen-bond acceptors (Lipinski definition) is 2. The maximum absolute atomic E-state index is 12.2. The van der Waals surface area contributed by atoms with Crippen LogP contribution in [0.15, 0.2) is 18.2 Å². The molecule has 1 aromatic carbocycles. The number of carbonyl (C=O) groups is 1. The third-order valence-corrected chi connectivity index (χ3v) is 3.19. The lowest BCUT2D eigenvalue weighted by Gasteiger charge is -2.20. The first-order valence-electron chi connectivity index (χ1n) is 6.28. The number of carbonyl (C=O) groups excluding carboxylic acids is 1. The van der Waals surface area contributed by atoms with E-state index >= 15 is 0 Å². The van der Waals surface area contributed by atoms with Gasteiger partial charge in [-0.15, -0.1) is 12.3 Å². The highest BCUT2D eigenvalue weighted by atomic mass is 16.1. The Kier molecular flexibility index (Phi) is 4.01. The topological polar surface area (TPSA) is 41.1 Å². The first-order valence-corrected chi connectivity index (χ1v) is 6.28. The summed E-state index contributed by atoms with van der Waals surface area (Å²) in [5, 5.41) is 6.26. The van der Waals surface area contributed by atoms with Crippen LogP contribution in [0.5, 0.6) is 0 Å². The van der Waals surface area contributed by atoms with E-state index in [0.717, 1.165) is 25.1 Å². The van der Waals surface area contributed by atoms with Crippen LogP contribution in [-0.4, -0.2) is 18.5 Å². The molecule has 0 bridgehead atoms. The van der Waals surface area contributed by atoms with E-state index in [-0.39, 0.29) is 11.9 Å². The predicted octanol–water partition coefficient (Wildman–Crippen LogP) is 1.47. The van der Waals surface area contributed by atoms with Crippen LogP contribution in [0.1, 0.15) is 34.8 Å². The summed E-state index contributed by atoms with van der Waals surface area (Å²) in [5.74, 6) is 2.54. The zero-order valence-electron chi connectivity index (χ0n) is 10.6. The zero-order valence-corrected chi connectivity index (χ0v) is 10.6. The Bertz CT molecular complexity index is 488. The maximum atomic E-state index is 12.2. The Labute approximate surface area is 108 Å². The molecule has 3 nitrogen and oxygen atoms in total. The summed E-state index contributed by atoms with van der Waals surface area (Å²) in [7, 11) is 0. The minimum Gasteiger partial charge on any atom is -0.349 e. The Morgan fingerprint density at radius 3 is 3.22 bits per heavy atom. The summed E-state index contributed by atoms with van der Waals surface area (Å²) in [6, 6.07) is 5.91. The molecule has 0 spiro atoms. The predicted molar refractivity (Wildman–Crippen MR) is 72.2 cm³/mol. The summed E-state index contributed by atoms with van der Waals surface area (Å²) in [4.78, 5) is 12.2. The molecule has 1 amide bonds. The second-order valence-corrected chi connectivity index (χ2v) is 4.65. The van der Waals surface area contributed by atoms with Gasteiger partial charge in [-0.05, 0) is 37.1 Å². The van der Waals surface area contributed by atoms with Gasteiger partial charge in [-0.1, -0.05) is 12.1 Å². The molecule has 1 aromatic rings. The Balaban J connectivity index is 2.18. The number of amides is 1. The molecule has 2 N–H and O–H groups in total. The van der Waals surface area contributed by atoms with E-state index in [0.29, 0.717) is 6.42 Å². The summed E-state index contributed by atoms with van der Waals surface area (Å²) < 4.78 is 0.